The Hall–Kier alpha value is -1.42. The van der Waals surface area contributed by atoms with Crippen LogP contribution in [0.1, 0.15) is 37.6 Å². The van der Waals surface area contributed by atoms with Gasteiger partial charge in [-0.05, 0) is 32.4 Å². The van der Waals surface area contributed by atoms with Gasteiger partial charge in [-0.25, -0.2) is 0 Å². The molecule has 1 amide bonds. The first-order valence-electron chi connectivity index (χ1n) is 6.51. The molecule has 0 aliphatic rings. The van der Waals surface area contributed by atoms with Crippen LogP contribution < -0.4 is 14.8 Å². The van der Waals surface area contributed by atoms with Crippen molar-refractivity contribution in [3.05, 3.63) is 22.7 Å². The van der Waals surface area contributed by atoms with Gasteiger partial charge in [0.1, 0.15) is 0 Å². The van der Waals surface area contributed by atoms with Crippen molar-refractivity contribution in [1.82, 2.24) is 5.32 Å². The number of rotatable bonds is 7. The van der Waals surface area contributed by atoms with E-state index in [2.05, 4.69) is 5.32 Å². The van der Waals surface area contributed by atoms with E-state index >= 15 is 0 Å². The fourth-order valence-electron chi connectivity index (χ4n) is 1.57. The first-order valence-corrected chi connectivity index (χ1v) is 6.89. The SMILES string of the molecule is CCCOc1c(Cl)cc(C(=O)NCC)cc1OCC. The number of benzene rings is 1. The number of carbonyl (C=O) groups excluding carboxylic acids is 1. The molecule has 0 unspecified atom stereocenters. The van der Waals surface area contributed by atoms with Gasteiger partial charge in [0, 0.05) is 12.1 Å². The highest BCUT2D eigenvalue weighted by Crippen LogP contribution is 2.36. The van der Waals surface area contributed by atoms with E-state index < -0.39 is 0 Å². The van der Waals surface area contributed by atoms with E-state index in [9.17, 15) is 4.79 Å². The molecule has 4 nitrogen and oxygen atoms in total. The van der Waals surface area contributed by atoms with Crippen LogP contribution in [0.15, 0.2) is 12.1 Å². The smallest absolute Gasteiger partial charge is 0.251 e. The highest BCUT2D eigenvalue weighted by molar-refractivity contribution is 6.32. The van der Waals surface area contributed by atoms with Gasteiger partial charge in [0.25, 0.3) is 5.91 Å². The summed E-state index contributed by atoms with van der Waals surface area (Å²) >= 11 is 6.17. The highest BCUT2D eigenvalue weighted by Gasteiger charge is 2.15. The molecular formula is C14H20ClNO3. The maximum absolute atomic E-state index is 11.8. The second kappa shape index (κ2) is 7.89. The fourth-order valence-corrected chi connectivity index (χ4v) is 1.83. The summed E-state index contributed by atoms with van der Waals surface area (Å²) in [5.41, 5.74) is 0.471. The molecule has 0 saturated heterocycles. The van der Waals surface area contributed by atoms with Crippen LogP contribution in [0.25, 0.3) is 0 Å². The number of amides is 1. The van der Waals surface area contributed by atoms with Gasteiger partial charge in [0.05, 0.1) is 18.2 Å². The summed E-state index contributed by atoms with van der Waals surface area (Å²) in [7, 11) is 0. The van der Waals surface area contributed by atoms with Crippen molar-refractivity contribution in [2.45, 2.75) is 27.2 Å². The molecule has 0 aliphatic carbocycles. The Morgan fingerprint density at radius 3 is 2.58 bits per heavy atom. The standard InChI is InChI=1S/C14H20ClNO3/c1-4-7-19-13-11(15)8-10(14(17)16-5-2)9-12(13)18-6-3/h8-9H,4-7H2,1-3H3,(H,16,17). The minimum absolute atomic E-state index is 0.174. The van der Waals surface area contributed by atoms with E-state index in [0.29, 0.717) is 41.8 Å². The molecule has 1 aromatic rings. The number of hydrogen-bond acceptors (Lipinski definition) is 3. The number of hydrogen-bond donors (Lipinski definition) is 1. The zero-order valence-corrected chi connectivity index (χ0v) is 12.3. The van der Waals surface area contributed by atoms with Crippen LogP contribution >= 0.6 is 11.6 Å². The Kier molecular flexibility index (Phi) is 6.50. The van der Waals surface area contributed by atoms with Gasteiger partial charge >= 0.3 is 0 Å². The van der Waals surface area contributed by atoms with Crippen LogP contribution in [0.4, 0.5) is 0 Å². The summed E-state index contributed by atoms with van der Waals surface area (Å²) in [5.74, 6) is 0.829. The molecule has 0 atom stereocenters. The van der Waals surface area contributed by atoms with Crippen molar-refractivity contribution < 1.29 is 14.3 Å². The molecule has 0 aliphatic heterocycles. The predicted molar refractivity (Wildman–Crippen MR) is 76.4 cm³/mol. The van der Waals surface area contributed by atoms with Crippen molar-refractivity contribution in [2.24, 2.45) is 0 Å². The Labute approximate surface area is 119 Å². The molecular weight excluding hydrogens is 266 g/mol. The topological polar surface area (TPSA) is 47.6 Å². The third kappa shape index (κ3) is 4.31. The highest BCUT2D eigenvalue weighted by atomic mass is 35.5. The lowest BCUT2D eigenvalue weighted by Gasteiger charge is -2.14. The van der Waals surface area contributed by atoms with Crippen LogP contribution in [0.2, 0.25) is 5.02 Å². The monoisotopic (exact) mass is 285 g/mol. The third-order valence-corrected chi connectivity index (χ3v) is 2.64. The quantitative estimate of drug-likeness (QED) is 0.836. The summed E-state index contributed by atoms with van der Waals surface area (Å²) in [6.45, 7) is 7.35. The van der Waals surface area contributed by atoms with Gasteiger partial charge in [-0.1, -0.05) is 18.5 Å². The zero-order valence-electron chi connectivity index (χ0n) is 11.6. The lowest BCUT2D eigenvalue weighted by Crippen LogP contribution is -2.22. The minimum Gasteiger partial charge on any atom is -0.490 e. The largest absolute Gasteiger partial charge is 0.490 e. The van der Waals surface area contributed by atoms with E-state index in [4.69, 9.17) is 21.1 Å². The van der Waals surface area contributed by atoms with E-state index in [0.717, 1.165) is 6.42 Å². The lowest BCUT2D eigenvalue weighted by atomic mass is 10.2. The molecule has 0 heterocycles. The van der Waals surface area contributed by atoms with Crippen molar-refractivity contribution in [3.63, 3.8) is 0 Å². The van der Waals surface area contributed by atoms with Gasteiger partial charge in [-0.2, -0.15) is 0 Å². The number of nitrogens with one attached hydrogen (secondary N) is 1. The fraction of sp³-hybridized carbons (Fsp3) is 0.500. The van der Waals surface area contributed by atoms with E-state index in [-0.39, 0.29) is 5.91 Å². The second-order valence-electron chi connectivity index (χ2n) is 3.93. The van der Waals surface area contributed by atoms with E-state index in [1.807, 2.05) is 20.8 Å². The van der Waals surface area contributed by atoms with E-state index in [1.54, 1.807) is 12.1 Å². The van der Waals surface area contributed by atoms with E-state index in [1.165, 1.54) is 0 Å². The zero-order chi connectivity index (χ0) is 14.3. The molecule has 19 heavy (non-hydrogen) atoms. The van der Waals surface area contributed by atoms with Crippen molar-refractivity contribution in [2.75, 3.05) is 19.8 Å². The summed E-state index contributed by atoms with van der Waals surface area (Å²) < 4.78 is 11.1. The molecule has 1 N–H and O–H groups in total. The Morgan fingerprint density at radius 1 is 1.26 bits per heavy atom. The van der Waals surface area contributed by atoms with Crippen molar-refractivity contribution in [1.29, 1.82) is 0 Å². The minimum atomic E-state index is -0.174. The van der Waals surface area contributed by atoms with Crippen molar-refractivity contribution >= 4 is 17.5 Å². The molecule has 5 heteroatoms. The molecule has 0 saturated carbocycles. The van der Waals surface area contributed by atoms with Gasteiger partial charge in [-0.3, -0.25) is 4.79 Å². The Bertz CT molecular complexity index is 435. The van der Waals surface area contributed by atoms with Gasteiger partial charge < -0.3 is 14.8 Å². The molecule has 0 radical (unpaired) electrons. The van der Waals surface area contributed by atoms with Gasteiger partial charge in [0.2, 0.25) is 0 Å². The Morgan fingerprint density at radius 2 is 2.00 bits per heavy atom. The first-order chi connectivity index (χ1) is 9.13. The normalized spacial score (nSPS) is 10.1. The van der Waals surface area contributed by atoms with Gasteiger partial charge in [0.15, 0.2) is 11.5 Å². The lowest BCUT2D eigenvalue weighted by molar-refractivity contribution is 0.0955. The van der Waals surface area contributed by atoms with Crippen molar-refractivity contribution in [3.8, 4) is 11.5 Å². The number of carbonyl (C=O) groups is 1. The van der Waals surface area contributed by atoms with Crippen LogP contribution in [0.5, 0.6) is 11.5 Å². The average Bonchev–Trinajstić information content (AvgIpc) is 2.38. The summed E-state index contributed by atoms with van der Waals surface area (Å²) in [4.78, 5) is 11.8. The molecule has 106 valence electrons. The first kappa shape index (κ1) is 15.6. The predicted octanol–water partition coefficient (Wildman–Crippen LogP) is 3.28. The Balaban J connectivity index is 3.08. The molecule has 0 spiro atoms. The van der Waals surface area contributed by atoms with Crippen LogP contribution in [-0.4, -0.2) is 25.7 Å². The molecule has 0 aromatic heterocycles. The number of halogens is 1. The molecule has 0 fully saturated rings. The third-order valence-electron chi connectivity index (χ3n) is 2.36. The summed E-state index contributed by atoms with van der Waals surface area (Å²) in [5, 5.41) is 3.12. The van der Waals surface area contributed by atoms with Crippen LogP contribution in [-0.2, 0) is 0 Å². The van der Waals surface area contributed by atoms with Crippen LogP contribution in [0, 0.1) is 0 Å². The average molecular weight is 286 g/mol. The maximum atomic E-state index is 11.8. The summed E-state index contributed by atoms with van der Waals surface area (Å²) in [6.07, 6.45) is 0.875. The second-order valence-corrected chi connectivity index (χ2v) is 4.33. The molecule has 0 bridgehead atoms. The molecule has 1 rings (SSSR count). The van der Waals surface area contributed by atoms with Gasteiger partial charge in [-0.15, -0.1) is 0 Å². The van der Waals surface area contributed by atoms with Crippen LogP contribution in [0.3, 0.4) is 0 Å². The maximum Gasteiger partial charge on any atom is 0.251 e. The summed E-state index contributed by atoms with van der Waals surface area (Å²) in [6, 6.07) is 3.26. The molecule has 1 aromatic carbocycles. The number of ether oxygens (including phenoxy) is 2.